The maximum atomic E-state index is 12.4. The molecule has 2 atom stereocenters. The molecule has 0 amide bonds. The highest BCUT2D eigenvalue weighted by Gasteiger charge is 2.40. The van der Waals surface area contributed by atoms with E-state index >= 15 is 0 Å². The van der Waals surface area contributed by atoms with Gasteiger partial charge in [0.15, 0.2) is 11.4 Å². The Kier molecular flexibility index (Phi) is 7.53. The quantitative estimate of drug-likeness (QED) is 0.399. The average Bonchev–Trinajstić information content (AvgIpc) is 2.72. The summed E-state index contributed by atoms with van der Waals surface area (Å²) < 4.78 is 10.4. The van der Waals surface area contributed by atoms with Crippen molar-refractivity contribution in [1.29, 1.82) is 0 Å². The number of ketones is 1. The zero-order valence-corrected chi connectivity index (χ0v) is 17.9. The van der Waals surface area contributed by atoms with Crippen LogP contribution in [0.25, 0.3) is 0 Å². The van der Waals surface area contributed by atoms with Crippen molar-refractivity contribution >= 4 is 29.1 Å². The number of methoxy groups -OCH3 is 2. The minimum atomic E-state index is -1.37. The van der Waals surface area contributed by atoms with Crippen LogP contribution >= 0.6 is 11.6 Å². The molecule has 6 nitrogen and oxygen atoms in total. The first-order chi connectivity index (χ1) is 13.7. The maximum Gasteiger partial charge on any atom is 0.342 e. The van der Waals surface area contributed by atoms with Crippen LogP contribution in [0.15, 0.2) is 53.6 Å². The Bertz CT molecular complexity index is 929. The predicted octanol–water partition coefficient (Wildman–Crippen LogP) is 4.02. The van der Waals surface area contributed by atoms with Crippen LogP contribution in [0.4, 0.5) is 0 Å². The largest absolute Gasteiger partial charge is 0.467 e. The summed E-state index contributed by atoms with van der Waals surface area (Å²) in [4.78, 5) is 24.8. The number of Topliss-reactive ketones (excluding diaryl/α,β-unsaturated/α-hetero) is 1. The number of hydrogen-bond donors (Lipinski definition) is 1. The van der Waals surface area contributed by atoms with E-state index in [-0.39, 0.29) is 5.78 Å². The number of nitrogens with zero attached hydrogens (tertiary/aromatic N) is 1. The van der Waals surface area contributed by atoms with Crippen molar-refractivity contribution in [3.63, 3.8) is 0 Å². The molecule has 154 valence electrons. The number of esters is 1. The number of benzene rings is 2. The number of halogens is 1. The molecule has 7 heteroatoms. The molecule has 0 heterocycles. The Hall–Kier alpha value is -2.70. The second-order valence-electron chi connectivity index (χ2n) is 6.70. The van der Waals surface area contributed by atoms with Crippen molar-refractivity contribution in [2.24, 2.45) is 5.10 Å². The molecule has 0 bridgehead atoms. The number of carbonyl (C=O) groups excluding carboxylic acids is 2. The van der Waals surface area contributed by atoms with Gasteiger partial charge in [-0.2, -0.15) is 5.10 Å². The molecular weight excluding hydrogens is 392 g/mol. The van der Waals surface area contributed by atoms with Crippen LogP contribution in [0, 0.1) is 0 Å². The summed E-state index contributed by atoms with van der Waals surface area (Å²) >= 11 is 6.04. The summed E-state index contributed by atoms with van der Waals surface area (Å²) in [6, 6.07) is 13.6. The van der Waals surface area contributed by atoms with E-state index in [9.17, 15) is 9.59 Å². The first kappa shape index (κ1) is 22.6. The summed E-state index contributed by atoms with van der Waals surface area (Å²) in [5.41, 5.74) is 4.17. The average molecular weight is 417 g/mol. The molecule has 0 aromatic heterocycles. The smallest absolute Gasteiger partial charge is 0.342 e. The molecule has 0 fully saturated rings. The number of carbonyl (C=O) groups is 2. The lowest BCUT2D eigenvalue weighted by molar-refractivity contribution is -0.165. The van der Waals surface area contributed by atoms with Gasteiger partial charge >= 0.3 is 5.97 Å². The lowest BCUT2D eigenvalue weighted by atomic mass is 9.87. The lowest BCUT2D eigenvalue weighted by Crippen LogP contribution is -2.38. The van der Waals surface area contributed by atoms with Crippen LogP contribution in [0.1, 0.15) is 43.5 Å². The van der Waals surface area contributed by atoms with Crippen molar-refractivity contribution in [1.82, 2.24) is 5.43 Å². The van der Waals surface area contributed by atoms with Gasteiger partial charge in [-0.15, -0.1) is 0 Å². The second kappa shape index (κ2) is 9.67. The lowest BCUT2D eigenvalue weighted by Gasteiger charge is -2.29. The molecule has 0 aliphatic rings. The van der Waals surface area contributed by atoms with Gasteiger partial charge in [0.05, 0.1) is 12.8 Å². The van der Waals surface area contributed by atoms with Crippen molar-refractivity contribution in [2.45, 2.75) is 32.4 Å². The Morgan fingerprint density at radius 3 is 2.38 bits per heavy atom. The van der Waals surface area contributed by atoms with Gasteiger partial charge in [0.25, 0.3) is 0 Å². The van der Waals surface area contributed by atoms with E-state index in [1.165, 1.54) is 21.1 Å². The van der Waals surface area contributed by atoms with Crippen molar-refractivity contribution in [3.05, 3.63) is 70.2 Å². The third kappa shape index (κ3) is 5.02. The zero-order chi connectivity index (χ0) is 21.6. The van der Waals surface area contributed by atoms with Gasteiger partial charge in [0.1, 0.15) is 6.04 Å². The molecule has 2 rings (SSSR count). The fourth-order valence-electron chi connectivity index (χ4n) is 3.00. The molecule has 0 spiro atoms. The number of nitrogens with one attached hydrogen (secondary N) is 1. The number of hydrogen-bond acceptors (Lipinski definition) is 6. The highest BCUT2D eigenvalue weighted by molar-refractivity contribution is 6.31. The van der Waals surface area contributed by atoms with Gasteiger partial charge < -0.3 is 9.47 Å². The Morgan fingerprint density at radius 1 is 1.10 bits per heavy atom. The van der Waals surface area contributed by atoms with Gasteiger partial charge in [-0.1, -0.05) is 48.0 Å². The molecule has 0 saturated heterocycles. The van der Waals surface area contributed by atoms with Crippen molar-refractivity contribution in [3.8, 4) is 0 Å². The topological polar surface area (TPSA) is 77.0 Å². The van der Waals surface area contributed by atoms with E-state index in [0.29, 0.717) is 21.9 Å². The molecule has 29 heavy (non-hydrogen) atoms. The number of ether oxygens (including phenoxy) is 2. The van der Waals surface area contributed by atoms with Crippen LogP contribution in [-0.2, 0) is 24.7 Å². The first-order valence-electron chi connectivity index (χ1n) is 9.03. The molecular formula is C22H25ClN2O4. The monoisotopic (exact) mass is 416 g/mol. The van der Waals surface area contributed by atoms with E-state index in [2.05, 4.69) is 10.5 Å². The normalized spacial score (nSPS) is 14.6. The van der Waals surface area contributed by atoms with E-state index in [0.717, 1.165) is 5.56 Å². The van der Waals surface area contributed by atoms with Crippen LogP contribution in [0.3, 0.4) is 0 Å². The van der Waals surface area contributed by atoms with E-state index in [1.54, 1.807) is 43.3 Å². The molecule has 0 radical (unpaired) electrons. The van der Waals surface area contributed by atoms with E-state index < -0.39 is 17.6 Å². The van der Waals surface area contributed by atoms with E-state index in [4.69, 9.17) is 21.1 Å². The standard InChI is InChI=1S/C22H25ClN2O4/c1-14(16-9-8-10-17(23)13-16)24-25-20(15(2)26)18-11-6-7-12-19(18)22(3,29-5)21(27)28-4/h6-13,20,25H,1-5H3/b24-14-. The number of rotatable bonds is 8. The summed E-state index contributed by atoms with van der Waals surface area (Å²) in [5, 5.41) is 4.97. The molecule has 2 aromatic carbocycles. The van der Waals surface area contributed by atoms with Crippen LogP contribution < -0.4 is 5.43 Å². The van der Waals surface area contributed by atoms with Crippen LogP contribution in [0.2, 0.25) is 5.02 Å². The summed E-state index contributed by atoms with van der Waals surface area (Å²) in [7, 11) is 2.72. The van der Waals surface area contributed by atoms with Gasteiger partial charge in [-0.05, 0) is 44.0 Å². The zero-order valence-electron chi connectivity index (χ0n) is 17.2. The molecule has 0 aliphatic heterocycles. The SMILES string of the molecule is COC(=O)C(C)(OC)c1ccccc1C(N/N=C(/C)c1cccc(Cl)c1)C(C)=O. The summed E-state index contributed by atoms with van der Waals surface area (Å²) in [6.45, 7) is 4.88. The minimum absolute atomic E-state index is 0.164. The molecule has 1 N–H and O–H groups in total. The maximum absolute atomic E-state index is 12.4. The van der Waals surface area contributed by atoms with Gasteiger partial charge in [0, 0.05) is 17.7 Å². The third-order valence-electron chi connectivity index (χ3n) is 4.78. The van der Waals surface area contributed by atoms with Crippen molar-refractivity contribution in [2.75, 3.05) is 14.2 Å². The fourth-order valence-corrected chi connectivity index (χ4v) is 3.19. The summed E-state index contributed by atoms with van der Waals surface area (Å²) in [6.07, 6.45) is 0. The summed E-state index contributed by atoms with van der Waals surface area (Å²) in [5.74, 6) is -0.725. The van der Waals surface area contributed by atoms with Gasteiger partial charge in [0.2, 0.25) is 0 Å². The van der Waals surface area contributed by atoms with Gasteiger partial charge in [-0.3, -0.25) is 10.2 Å². The fraction of sp³-hybridized carbons (Fsp3) is 0.318. The minimum Gasteiger partial charge on any atom is -0.467 e. The Labute approximate surface area is 175 Å². The van der Waals surface area contributed by atoms with Crippen molar-refractivity contribution < 1.29 is 19.1 Å². The first-order valence-corrected chi connectivity index (χ1v) is 9.41. The third-order valence-corrected chi connectivity index (χ3v) is 5.01. The highest BCUT2D eigenvalue weighted by atomic mass is 35.5. The van der Waals surface area contributed by atoms with E-state index in [1.807, 2.05) is 19.1 Å². The van der Waals surface area contributed by atoms with Crippen LogP contribution in [0.5, 0.6) is 0 Å². The Morgan fingerprint density at radius 2 is 1.79 bits per heavy atom. The predicted molar refractivity (Wildman–Crippen MR) is 113 cm³/mol. The number of hydrazone groups is 1. The molecule has 2 unspecified atom stereocenters. The Balaban J connectivity index is 2.46. The van der Waals surface area contributed by atoms with Gasteiger partial charge in [-0.25, -0.2) is 4.79 Å². The highest BCUT2D eigenvalue weighted by Crippen LogP contribution is 2.32. The molecule has 0 aliphatic carbocycles. The molecule has 0 saturated carbocycles. The molecule has 2 aromatic rings. The second-order valence-corrected chi connectivity index (χ2v) is 7.13. The van der Waals surface area contributed by atoms with Crippen LogP contribution in [-0.4, -0.2) is 31.7 Å².